The van der Waals surface area contributed by atoms with Gasteiger partial charge in [-0.25, -0.2) is 0 Å². The normalized spacial score (nSPS) is 12.4. The van der Waals surface area contributed by atoms with E-state index in [4.69, 9.17) is 0 Å². The molecule has 0 aliphatic heterocycles. The van der Waals surface area contributed by atoms with E-state index in [0.29, 0.717) is 0 Å². The van der Waals surface area contributed by atoms with Gasteiger partial charge in [0.25, 0.3) is 0 Å². The van der Waals surface area contributed by atoms with E-state index in [-0.39, 0.29) is 0 Å². The Kier molecular flexibility index (Phi) is 9.27. The molecule has 0 fully saturated rings. The van der Waals surface area contributed by atoms with Crippen LogP contribution in [-0.4, -0.2) is 0 Å². The van der Waals surface area contributed by atoms with Crippen molar-refractivity contribution in [3.63, 3.8) is 0 Å². The quantitative estimate of drug-likeness (QED) is 0.115. The molecule has 0 N–H and O–H groups in total. The average Bonchev–Trinajstić information content (AvgIpc) is 2.14. The van der Waals surface area contributed by atoms with Gasteiger partial charge < -0.3 is 0 Å². The number of fused-ring (bicyclic) bond motifs is 15. The zero-order valence-electron chi connectivity index (χ0n) is 46.7. The fraction of sp³-hybridized carbons (Fsp3) is 0. The van der Waals surface area contributed by atoms with Crippen LogP contribution in [0.15, 0.2) is 291 Å². The molecule has 1 aliphatic carbocycles. The van der Waals surface area contributed by atoms with E-state index in [2.05, 4.69) is 291 Å². The van der Waals surface area contributed by atoms with Crippen molar-refractivity contribution >= 4 is 118 Å². The number of benzene rings is 17. The van der Waals surface area contributed by atoms with Crippen LogP contribution in [0.2, 0.25) is 0 Å². The fourth-order valence-corrected chi connectivity index (χ4v) is 16.5. The van der Waals surface area contributed by atoms with Gasteiger partial charge in [-0.15, -0.1) is 0 Å². The molecule has 0 aromatic heterocycles. The number of hydrogen-bond donors (Lipinski definition) is 0. The van der Waals surface area contributed by atoms with Crippen molar-refractivity contribution in [2.75, 3.05) is 0 Å². The summed E-state index contributed by atoms with van der Waals surface area (Å²) in [5, 5.41) is 29.1. The first-order valence-corrected chi connectivity index (χ1v) is 30.2. The predicted octanol–water partition coefficient (Wildman–Crippen LogP) is 24.3. The van der Waals surface area contributed by atoms with E-state index in [1.165, 1.54) is 208 Å². The molecule has 0 nitrogen and oxygen atoms in total. The van der Waals surface area contributed by atoms with Crippen LogP contribution in [0, 0.1) is 0 Å². The van der Waals surface area contributed by atoms with Gasteiger partial charge in [0, 0.05) is 0 Å². The molecule has 0 heteroatoms. The lowest BCUT2D eigenvalue weighted by molar-refractivity contribution is 1.58. The summed E-state index contributed by atoms with van der Waals surface area (Å²) < 4.78 is 0. The molecule has 0 heterocycles. The summed E-state index contributed by atoms with van der Waals surface area (Å²) >= 11 is 0. The van der Waals surface area contributed by atoms with E-state index in [0.717, 1.165) is 0 Å². The van der Waals surface area contributed by atoms with Gasteiger partial charge in [0.05, 0.1) is 0 Å². The first-order valence-electron chi connectivity index (χ1n) is 30.2. The van der Waals surface area contributed by atoms with Crippen LogP contribution in [0.5, 0.6) is 0 Å². The molecule has 19 aromatic carbocycles. The molecule has 392 valence electrons. The van der Waals surface area contributed by atoms with Gasteiger partial charge >= 0.3 is 0 Å². The number of hydrogen-bond acceptors (Lipinski definition) is 0. The molecule has 0 amide bonds. The minimum absolute atomic E-state index is 1.21. The van der Waals surface area contributed by atoms with Crippen LogP contribution in [0.1, 0.15) is 0 Å². The van der Waals surface area contributed by atoms with E-state index in [1.54, 1.807) is 0 Å². The average molecular weight is 1080 g/mol. The fourth-order valence-electron chi connectivity index (χ4n) is 16.5. The highest BCUT2D eigenvalue weighted by Gasteiger charge is 2.34. The van der Waals surface area contributed by atoms with Gasteiger partial charge in [-0.3, -0.25) is 0 Å². The molecule has 0 bridgehead atoms. The van der Waals surface area contributed by atoms with E-state index >= 15 is 0 Å². The monoisotopic (exact) mass is 1080 g/mol. The Balaban J connectivity index is 0.891. The summed E-state index contributed by atoms with van der Waals surface area (Å²) in [5.74, 6) is 0. The third-order valence-electron chi connectivity index (χ3n) is 19.8. The second-order valence-corrected chi connectivity index (χ2v) is 23.9. The van der Waals surface area contributed by atoms with E-state index < -0.39 is 0 Å². The largest absolute Gasteiger partial charge is 0.0622 e. The van der Waals surface area contributed by atoms with Gasteiger partial charge in [0.2, 0.25) is 0 Å². The molecule has 19 aromatic rings. The summed E-state index contributed by atoms with van der Waals surface area (Å²) in [6, 6.07) is 110. The molecule has 20 rings (SSSR count). The molecular weight excluding hydrogens is 1030 g/mol. The highest BCUT2D eigenvalue weighted by molar-refractivity contribution is 6.51. The maximum absolute atomic E-state index is 2.59. The van der Waals surface area contributed by atoms with Crippen LogP contribution in [0.25, 0.3) is 208 Å². The standard InChI is InChI=1S/C86H48/c1-5-21-49(22-6-1)54-29-13-14-31-56(54)53-37-38-66-71(47-53)75(52-27-11-4-12-28-52)85-70-46-43-65-63-41-44-68-80-67(40-39-62(77(63)80)64-42-45-69(81(70)78(64)65)84(85)74(66)51-25-9-3-10-26-51)72-48-73-76(57-32-16-15-30-55(57)50-23-7-2-8-24-50)58-33-17-18-34-59(58)79-60-35-19-20-36-61(60)83(82(68)72)86(73)79/h1-48H. The van der Waals surface area contributed by atoms with Crippen LogP contribution < -0.4 is 0 Å². The van der Waals surface area contributed by atoms with Crippen molar-refractivity contribution in [3.8, 4) is 89.0 Å². The second-order valence-electron chi connectivity index (χ2n) is 23.9. The first kappa shape index (κ1) is 46.3. The maximum Gasteiger partial charge on any atom is -0.000697 e. The van der Waals surface area contributed by atoms with Gasteiger partial charge in [0.1, 0.15) is 0 Å². The molecule has 1 aliphatic rings. The van der Waals surface area contributed by atoms with Crippen LogP contribution in [0.3, 0.4) is 0 Å². The highest BCUT2D eigenvalue weighted by Crippen LogP contribution is 2.61. The molecule has 0 spiro atoms. The Bertz CT molecular complexity index is 6050. The van der Waals surface area contributed by atoms with Gasteiger partial charge in [-0.1, -0.05) is 279 Å². The van der Waals surface area contributed by atoms with Gasteiger partial charge in [0.15, 0.2) is 0 Å². The Morgan fingerprint density at radius 1 is 0.116 bits per heavy atom. The molecule has 0 unspecified atom stereocenters. The third kappa shape index (κ3) is 6.02. The zero-order chi connectivity index (χ0) is 55.9. The minimum atomic E-state index is 1.21. The van der Waals surface area contributed by atoms with Gasteiger partial charge in [-0.05, 0) is 220 Å². The lowest BCUT2D eigenvalue weighted by atomic mass is 9.81. The second kappa shape index (κ2) is 17.2. The van der Waals surface area contributed by atoms with Crippen molar-refractivity contribution in [1.29, 1.82) is 0 Å². The molecule has 86 heavy (non-hydrogen) atoms. The van der Waals surface area contributed by atoms with Crippen LogP contribution >= 0.6 is 0 Å². The van der Waals surface area contributed by atoms with E-state index in [1.807, 2.05) is 0 Å². The van der Waals surface area contributed by atoms with Gasteiger partial charge in [-0.2, -0.15) is 0 Å². The summed E-state index contributed by atoms with van der Waals surface area (Å²) in [6.07, 6.45) is 0. The summed E-state index contributed by atoms with van der Waals surface area (Å²) in [4.78, 5) is 0. The SMILES string of the molecule is c1ccc(-c2ccccc2-c2ccc3c(-c4ccccc4)c4c(c(-c5ccccc5)c3c2)-c2ccc3c5ccc6c7c(ccc(c8ccc-4c2c83)c57)c2cc3c(-c4ccccc4-c4ccccc4)c4ccccc4c4c5ccccc5c(c26)c34)cc1. The molecule has 0 saturated carbocycles. The minimum Gasteiger partial charge on any atom is -0.0622 e. The maximum atomic E-state index is 2.59. The topological polar surface area (TPSA) is 0 Å². The summed E-state index contributed by atoms with van der Waals surface area (Å²) in [7, 11) is 0. The molecule has 0 radical (unpaired) electrons. The highest BCUT2D eigenvalue weighted by atomic mass is 14.4. The van der Waals surface area contributed by atoms with Crippen molar-refractivity contribution in [2.24, 2.45) is 0 Å². The number of rotatable bonds is 6. The van der Waals surface area contributed by atoms with Crippen LogP contribution in [0.4, 0.5) is 0 Å². The van der Waals surface area contributed by atoms with E-state index in [9.17, 15) is 0 Å². The Morgan fingerprint density at radius 3 is 1.01 bits per heavy atom. The molecular formula is C86H48. The zero-order valence-corrected chi connectivity index (χ0v) is 46.7. The Hall–Kier alpha value is -11.2. The predicted molar refractivity (Wildman–Crippen MR) is 370 cm³/mol. The third-order valence-corrected chi connectivity index (χ3v) is 19.8. The molecule has 0 atom stereocenters. The lowest BCUT2D eigenvalue weighted by Gasteiger charge is -2.21. The van der Waals surface area contributed by atoms with Crippen LogP contribution in [-0.2, 0) is 0 Å². The first-order chi connectivity index (χ1) is 42.7. The lowest BCUT2D eigenvalue weighted by Crippen LogP contribution is -1.94. The summed E-state index contributed by atoms with van der Waals surface area (Å²) in [5.41, 5.74) is 20.1. The smallest absolute Gasteiger partial charge is 0.000697 e. The van der Waals surface area contributed by atoms with Crippen molar-refractivity contribution in [1.82, 2.24) is 0 Å². The Labute approximate surface area is 495 Å². The Morgan fingerprint density at radius 2 is 0.442 bits per heavy atom. The van der Waals surface area contributed by atoms with Crippen molar-refractivity contribution < 1.29 is 0 Å². The summed E-state index contributed by atoms with van der Waals surface area (Å²) in [6.45, 7) is 0. The molecule has 0 saturated heterocycles. The van der Waals surface area contributed by atoms with Crippen molar-refractivity contribution in [3.05, 3.63) is 291 Å². The van der Waals surface area contributed by atoms with Crippen molar-refractivity contribution in [2.45, 2.75) is 0 Å².